The summed E-state index contributed by atoms with van der Waals surface area (Å²) in [6, 6.07) is 0. The van der Waals surface area contributed by atoms with E-state index in [1.165, 1.54) is 18.9 Å². The number of rotatable bonds is 4. The summed E-state index contributed by atoms with van der Waals surface area (Å²) < 4.78 is 6.23. The molecular weight excluding hydrogens is 284 g/mol. The van der Waals surface area contributed by atoms with E-state index < -0.39 is 0 Å². The molecule has 1 aliphatic rings. The van der Waals surface area contributed by atoms with E-state index in [1.807, 2.05) is 6.92 Å². The lowest BCUT2D eigenvalue weighted by Gasteiger charge is -2.10. The first kappa shape index (κ1) is 14.5. The second-order valence-electron chi connectivity index (χ2n) is 4.22. The van der Waals surface area contributed by atoms with Gasteiger partial charge in [0.05, 0.1) is 23.5 Å². The van der Waals surface area contributed by atoms with Crippen molar-refractivity contribution in [1.82, 2.24) is 9.55 Å². The van der Waals surface area contributed by atoms with Crippen molar-refractivity contribution in [2.75, 3.05) is 12.9 Å². The van der Waals surface area contributed by atoms with Gasteiger partial charge in [-0.3, -0.25) is 14.2 Å². The second kappa shape index (κ2) is 6.00. The summed E-state index contributed by atoms with van der Waals surface area (Å²) in [7, 11) is 1.35. The predicted molar refractivity (Wildman–Crippen MR) is 75.9 cm³/mol. The van der Waals surface area contributed by atoms with Gasteiger partial charge < -0.3 is 4.74 Å². The molecule has 0 saturated heterocycles. The van der Waals surface area contributed by atoms with E-state index in [2.05, 4.69) is 16.6 Å². The fraction of sp³-hybridized carbons (Fsp3) is 0.583. The van der Waals surface area contributed by atoms with Crippen LogP contribution in [0.3, 0.4) is 0 Å². The molecule has 0 fully saturated rings. The van der Waals surface area contributed by atoms with Crippen LogP contribution in [0.25, 0.3) is 0 Å². The molecule has 2 heterocycles. The highest BCUT2D eigenvalue weighted by molar-refractivity contribution is 8.00. The van der Waals surface area contributed by atoms with Crippen LogP contribution in [0.5, 0.6) is 0 Å². The first-order valence-corrected chi connectivity index (χ1v) is 7.93. The number of thioether (sulfide) groups is 2. The molecule has 0 radical (unpaired) electrons. The fourth-order valence-electron chi connectivity index (χ4n) is 1.90. The molecule has 104 valence electrons. The number of esters is 1. The standard InChI is InChI=1S/C12H16N2O3S2/c1-4-14-11(16)10-8(5-7(2)19-10)13-12(14)18-6-9(15)17-3/h7H,4-6H2,1-3H3. The highest BCUT2D eigenvalue weighted by atomic mass is 32.2. The summed E-state index contributed by atoms with van der Waals surface area (Å²) in [6.45, 7) is 4.54. The average molecular weight is 300 g/mol. The number of hydrogen-bond acceptors (Lipinski definition) is 6. The van der Waals surface area contributed by atoms with Gasteiger partial charge in [-0.05, 0) is 6.92 Å². The Hall–Kier alpha value is -0.950. The Balaban J connectivity index is 2.34. The first-order valence-electron chi connectivity index (χ1n) is 6.06. The Morgan fingerprint density at radius 2 is 2.37 bits per heavy atom. The zero-order valence-corrected chi connectivity index (χ0v) is 12.8. The van der Waals surface area contributed by atoms with Crippen LogP contribution < -0.4 is 5.56 Å². The lowest BCUT2D eigenvalue weighted by molar-refractivity contribution is -0.137. The van der Waals surface area contributed by atoms with Gasteiger partial charge in [-0.2, -0.15) is 0 Å². The lowest BCUT2D eigenvalue weighted by atomic mass is 10.2. The summed E-state index contributed by atoms with van der Waals surface area (Å²) in [4.78, 5) is 28.8. The minimum Gasteiger partial charge on any atom is -0.468 e. The van der Waals surface area contributed by atoms with Gasteiger partial charge in [0.15, 0.2) is 5.16 Å². The number of aromatic nitrogens is 2. The van der Waals surface area contributed by atoms with Crippen molar-refractivity contribution in [2.24, 2.45) is 0 Å². The third kappa shape index (κ3) is 2.97. The minimum absolute atomic E-state index is 0.00853. The van der Waals surface area contributed by atoms with E-state index in [9.17, 15) is 9.59 Å². The normalized spacial score (nSPS) is 17.3. The van der Waals surface area contributed by atoms with Crippen molar-refractivity contribution in [3.8, 4) is 0 Å². The van der Waals surface area contributed by atoms with Gasteiger partial charge >= 0.3 is 5.97 Å². The Morgan fingerprint density at radius 3 is 3.00 bits per heavy atom. The van der Waals surface area contributed by atoms with Gasteiger partial charge in [-0.25, -0.2) is 4.98 Å². The lowest BCUT2D eigenvalue weighted by Crippen LogP contribution is -2.24. The van der Waals surface area contributed by atoms with E-state index >= 15 is 0 Å². The summed E-state index contributed by atoms with van der Waals surface area (Å²) in [5.41, 5.74) is 0.869. The van der Waals surface area contributed by atoms with Crippen LogP contribution in [-0.4, -0.2) is 33.6 Å². The Bertz CT molecular complexity index is 557. The van der Waals surface area contributed by atoms with Crippen LogP contribution in [0.1, 0.15) is 19.5 Å². The summed E-state index contributed by atoms with van der Waals surface area (Å²) in [5, 5.41) is 0.993. The SMILES string of the molecule is CCn1c(SCC(=O)OC)nc2c(c1=O)SC(C)C2. The van der Waals surface area contributed by atoms with Gasteiger partial charge in [0.2, 0.25) is 0 Å². The van der Waals surface area contributed by atoms with Gasteiger partial charge in [-0.1, -0.05) is 18.7 Å². The first-order chi connectivity index (χ1) is 9.06. The second-order valence-corrected chi connectivity index (χ2v) is 6.61. The Morgan fingerprint density at radius 1 is 1.63 bits per heavy atom. The summed E-state index contributed by atoms with van der Waals surface area (Å²) in [5.74, 6) is -0.144. The van der Waals surface area contributed by atoms with Crippen molar-refractivity contribution in [1.29, 1.82) is 0 Å². The third-order valence-corrected chi connectivity index (χ3v) is 4.99. The zero-order valence-electron chi connectivity index (χ0n) is 11.1. The number of ether oxygens (including phenoxy) is 1. The Labute approximate surface area is 120 Å². The number of methoxy groups -OCH3 is 1. The van der Waals surface area contributed by atoms with Crippen molar-refractivity contribution in [3.05, 3.63) is 16.0 Å². The van der Waals surface area contributed by atoms with Crippen molar-refractivity contribution < 1.29 is 9.53 Å². The molecule has 0 aromatic carbocycles. The molecule has 1 unspecified atom stereocenters. The molecule has 0 saturated carbocycles. The molecule has 1 atom stereocenters. The molecular formula is C12H16N2O3S2. The highest BCUT2D eigenvalue weighted by Crippen LogP contribution is 2.34. The van der Waals surface area contributed by atoms with Crippen LogP contribution in [0.15, 0.2) is 14.8 Å². The number of hydrogen-bond donors (Lipinski definition) is 0. The van der Waals surface area contributed by atoms with E-state index in [1.54, 1.807) is 16.3 Å². The molecule has 0 spiro atoms. The monoisotopic (exact) mass is 300 g/mol. The molecule has 2 rings (SSSR count). The van der Waals surface area contributed by atoms with Crippen LogP contribution in [0.4, 0.5) is 0 Å². The van der Waals surface area contributed by atoms with Gasteiger partial charge in [0.1, 0.15) is 0 Å². The zero-order chi connectivity index (χ0) is 14.0. The average Bonchev–Trinajstić information content (AvgIpc) is 2.77. The molecule has 7 heteroatoms. The molecule has 19 heavy (non-hydrogen) atoms. The van der Waals surface area contributed by atoms with E-state index in [4.69, 9.17) is 0 Å². The third-order valence-electron chi connectivity index (χ3n) is 2.83. The summed E-state index contributed by atoms with van der Waals surface area (Å²) in [6.07, 6.45) is 0.811. The molecule has 0 amide bonds. The molecule has 1 aromatic heterocycles. The highest BCUT2D eigenvalue weighted by Gasteiger charge is 2.26. The van der Waals surface area contributed by atoms with Gasteiger partial charge in [-0.15, -0.1) is 11.8 Å². The molecule has 1 aliphatic heterocycles. The molecule has 5 nitrogen and oxygen atoms in total. The molecule has 1 aromatic rings. The number of fused-ring (bicyclic) bond motifs is 1. The number of carbonyl (C=O) groups is 1. The maximum atomic E-state index is 12.3. The molecule has 0 N–H and O–H groups in total. The van der Waals surface area contributed by atoms with E-state index in [-0.39, 0.29) is 17.3 Å². The Kier molecular flexibility index (Phi) is 4.57. The van der Waals surface area contributed by atoms with Crippen LogP contribution in [0, 0.1) is 0 Å². The maximum Gasteiger partial charge on any atom is 0.316 e. The molecule has 0 aliphatic carbocycles. The largest absolute Gasteiger partial charge is 0.468 e. The van der Waals surface area contributed by atoms with E-state index in [0.717, 1.165) is 17.0 Å². The summed E-state index contributed by atoms with van der Waals surface area (Å²) >= 11 is 2.84. The number of nitrogens with zero attached hydrogens (tertiary/aromatic N) is 2. The maximum absolute atomic E-state index is 12.3. The van der Waals surface area contributed by atoms with E-state index in [0.29, 0.717) is 17.0 Å². The molecule has 0 bridgehead atoms. The van der Waals surface area contributed by atoms with Crippen LogP contribution in [-0.2, 0) is 22.5 Å². The van der Waals surface area contributed by atoms with Crippen LogP contribution >= 0.6 is 23.5 Å². The minimum atomic E-state index is -0.315. The number of carbonyl (C=O) groups excluding carboxylic acids is 1. The predicted octanol–water partition coefficient (Wildman–Crippen LogP) is 1.56. The van der Waals surface area contributed by atoms with Crippen molar-refractivity contribution >= 4 is 29.5 Å². The van der Waals surface area contributed by atoms with Gasteiger partial charge in [0.25, 0.3) is 5.56 Å². The van der Waals surface area contributed by atoms with Crippen LogP contribution in [0.2, 0.25) is 0 Å². The van der Waals surface area contributed by atoms with Crippen molar-refractivity contribution in [2.45, 2.75) is 42.1 Å². The topological polar surface area (TPSA) is 61.2 Å². The van der Waals surface area contributed by atoms with Crippen molar-refractivity contribution in [3.63, 3.8) is 0 Å². The van der Waals surface area contributed by atoms with Gasteiger partial charge in [0, 0.05) is 18.2 Å². The smallest absolute Gasteiger partial charge is 0.316 e. The fourth-order valence-corrected chi connectivity index (χ4v) is 3.93. The quantitative estimate of drug-likeness (QED) is 0.478.